The third-order valence-corrected chi connectivity index (χ3v) is 4.45. The molecule has 0 unspecified atom stereocenters. The number of rotatable bonds is 7. The Bertz CT molecular complexity index is 983. The molecule has 3 rings (SSSR count). The predicted molar refractivity (Wildman–Crippen MR) is 119 cm³/mol. The summed E-state index contributed by atoms with van der Waals surface area (Å²) < 4.78 is 0. The van der Waals surface area contributed by atoms with Gasteiger partial charge in [-0.3, -0.25) is 4.79 Å². The van der Waals surface area contributed by atoms with Crippen LogP contribution in [0.1, 0.15) is 23.2 Å². The van der Waals surface area contributed by atoms with Crippen LogP contribution in [0.4, 0.5) is 23.1 Å². The molecule has 1 aromatic heterocycles. The highest BCUT2D eigenvalue weighted by molar-refractivity contribution is 5.91. The number of carbonyl (C=O) groups excluding carboxylic acids is 1. The molecule has 2 N–H and O–H groups in total. The average molecular weight is 390 g/mol. The number of nitrogens with one attached hydrogen (secondary N) is 2. The number of benzene rings is 2. The normalized spacial score (nSPS) is 10.5. The number of hydrogen-bond acceptors (Lipinski definition) is 5. The molecule has 29 heavy (non-hydrogen) atoms. The number of aromatic nitrogens is 2. The van der Waals surface area contributed by atoms with Crippen LogP contribution in [0, 0.1) is 13.8 Å². The lowest BCUT2D eigenvalue weighted by Gasteiger charge is -2.14. The molecule has 2 aromatic carbocycles. The van der Waals surface area contributed by atoms with Crippen LogP contribution in [0.15, 0.2) is 54.6 Å². The number of nitrogens with zero attached hydrogens (tertiary/aromatic N) is 3. The first-order valence-corrected chi connectivity index (χ1v) is 9.64. The highest BCUT2D eigenvalue weighted by atomic mass is 16.1. The van der Waals surface area contributed by atoms with E-state index in [1.165, 1.54) is 11.1 Å². The lowest BCUT2D eigenvalue weighted by molar-refractivity contribution is -0.116. The van der Waals surface area contributed by atoms with Gasteiger partial charge in [0.05, 0.1) is 0 Å². The topological polar surface area (TPSA) is 70.2 Å². The van der Waals surface area contributed by atoms with Gasteiger partial charge in [-0.25, -0.2) is 4.98 Å². The van der Waals surface area contributed by atoms with E-state index in [9.17, 15) is 4.79 Å². The van der Waals surface area contributed by atoms with Crippen LogP contribution in [0.25, 0.3) is 0 Å². The molecular formula is C23H27N5O. The van der Waals surface area contributed by atoms with Crippen molar-refractivity contribution >= 4 is 29.0 Å². The van der Waals surface area contributed by atoms with Gasteiger partial charge in [-0.05, 0) is 50.1 Å². The summed E-state index contributed by atoms with van der Waals surface area (Å²) in [5.41, 5.74) is 4.90. The Balaban J connectivity index is 1.56. The zero-order valence-electron chi connectivity index (χ0n) is 17.4. The Hall–Kier alpha value is -3.41. The van der Waals surface area contributed by atoms with Crippen LogP contribution in [0.5, 0.6) is 0 Å². The minimum absolute atomic E-state index is 0.00450. The van der Waals surface area contributed by atoms with E-state index in [4.69, 9.17) is 0 Å². The number of hydrogen-bond donors (Lipinski definition) is 2. The minimum atomic E-state index is 0.00450. The standard InChI is InChI=1S/C23H27N5O/c1-16-6-5-7-18(14-16)8-13-22(29)25-19-9-11-20(12-10-19)26-23-24-17(2)15-21(27-23)28(3)4/h5-7,9-12,14-15H,8,13H2,1-4H3,(H,25,29)(H,24,26,27). The molecule has 0 saturated carbocycles. The third kappa shape index (κ3) is 6.04. The van der Waals surface area contributed by atoms with Crippen LogP contribution in [-0.2, 0) is 11.2 Å². The fourth-order valence-electron chi connectivity index (χ4n) is 2.95. The molecular weight excluding hydrogens is 362 g/mol. The Kier molecular flexibility index (Phi) is 6.44. The Labute approximate surface area is 172 Å². The first kappa shape index (κ1) is 20.3. The molecule has 3 aromatic rings. The molecule has 1 amide bonds. The summed E-state index contributed by atoms with van der Waals surface area (Å²) in [4.78, 5) is 23.1. The zero-order valence-corrected chi connectivity index (χ0v) is 17.4. The van der Waals surface area contributed by atoms with Crippen molar-refractivity contribution in [3.8, 4) is 0 Å². The zero-order chi connectivity index (χ0) is 20.8. The fraction of sp³-hybridized carbons (Fsp3) is 0.261. The second-order valence-corrected chi connectivity index (χ2v) is 7.33. The highest BCUT2D eigenvalue weighted by Crippen LogP contribution is 2.19. The van der Waals surface area contributed by atoms with Crippen molar-refractivity contribution in [3.63, 3.8) is 0 Å². The first-order valence-electron chi connectivity index (χ1n) is 9.64. The molecule has 0 aliphatic heterocycles. The van der Waals surface area contributed by atoms with Gasteiger partial charge in [-0.15, -0.1) is 0 Å². The van der Waals surface area contributed by atoms with E-state index in [0.29, 0.717) is 12.4 Å². The maximum absolute atomic E-state index is 12.2. The van der Waals surface area contributed by atoms with E-state index >= 15 is 0 Å². The fourth-order valence-corrected chi connectivity index (χ4v) is 2.95. The second kappa shape index (κ2) is 9.19. The lowest BCUT2D eigenvalue weighted by Crippen LogP contribution is -2.13. The van der Waals surface area contributed by atoms with Crippen molar-refractivity contribution in [1.82, 2.24) is 9.97 Å². The van der Waals surface area contributed by atoms with E-state index < -0.39 is 0 Å². The quantitative estimate of drug-likeness (QED) is 0.624. The van der Waals surface area contributed by atoms with Gasteiger partial charge in [-0.1, -0.05) is 29.8 Å². The van der Waals surface area contributed by atoms with E-state index in [-0.39, 0.29) is 5.91 Å². The molecule has 0 fully saturated rings. The smallest absolute Gasteiger partial charge is 0.229 e. The van der Waals surface area contributed by atoms with E-state index in [0.717, 1.165) is 29.3 Å². The molecule has 0 aliphatic rings. The van der Waals surface area contributed by atoms with Gasteiger partial charge in [-0.2, -0.15) is 4.98 Å². The van der Waals surface area contributed by atoms with Gasteiger partial charge in [0.15, 0.2) is 0 Å². The van der Waals surface area contributed by atoms with E-state index in [1.54, 1.807) is 0 Å². The molecule has 0 radical (unpaired) electrons. The maximum Gasteiger partial charge on any atom is 0.229 e. The number of carbonyl (C=O) groups is 1. The molecule has 150 valence electrons. The highest BCUT2D eigenvalue weighted by Gasteiger charge is 2.06. The SMILES string of the molecule is Cc1cccc(CCC(=O)Nc2ccc(Nc3nc(C)cc(N(C)C)n3)cc2)c1. The summed E-state index contributed by atoms with van der Waals surface area (Å²) in [6.45, 7) is 4.00. The first-order chi connectivity index (χ1) is 13.9. The predicted octanol–water partition coefficient (Wildman–Crippen LogP) is 4.47. The van der Waals surface area contributed by atoms with Gasteiger partial charge in [0, 0.05) is 43.7 Å². The number of amides is 1. The van der Waals surface area contributed by atoms with Crippen molar-refractivity contribution in [1.29, 1.82) is 0 Å². The summed E-state index contributed by atoms with van der Waals surface area (Å²) in [6, 6.07) is 17.7. The van der Waals surface area contributed by atoms with Gasteiger partial charge < -0.3 is 15.5 Å². The molecule has 0 bridgehead atoms. The summed E-state index contributed by atoms with van der Waals surface area (Å²) >= 11 is 0. The van der Waals surface area contributed by atoms with Crippen LogP contribution in [0.2, 0.25) is 0 Å². The third-order valence-electron chi connectivity index (χ3n) is 4.45. The average Bonchev–Trinajstić information content (AvgIpc) is 2.67. The number of aryl methyl sites for hydroxylation is 3. The Morgan fingerprint density at radius 2 is 1.69 bits per heavy atom. The number of anilines is 4. The molecule has 6 heteroatoms. The van der Waals surface area contributed by atoms with E-state index in [1.807, 2.05) is 62.3 Å². The molecule has 0 atom stereocenters. The lowest BCUT2D eigenvalue weighted by atomic mass is 10.1. The van der Waals surface area contributed by atoms with Crippen LogP contribution in [0.3, 0.4) is 0 Å². The largest absolute Gasteiger partial charge is 0.363 e. The Morgan fingerprint density at radius 3 is 2.38 bits per heavy atom. The Morgan fingerprint density at radius 1 is 0.966 bits per heavy atom. The molecule has 6 nitrogen and oxygen atoms in total. The van der Waals surface area contributed by atoms with Gasteiger partial charge >= 0.3 is 0 Å². The van der Waals surface area contributed by atoms with Crippen molar-refractivity contribution in [3.05, 3.63) is 71.4 Å². The van der Waals surface area contributed by atoms with Crippen LogP contribution >= 0.6 is 0 Å². The summed E-state index contributed by atoms with van der Waals surface area (Å²) in [6.07, 6.45) is 1.18. The van der Waals surface area contributed by atoms with Crippen molar-refractivity contribution in [2.24, 2.45) is 0 Å². The van der Waals surface area contributed by atoms with Crippen molar-refractivity contribution < 1.29 is 4.79 Å². The maximum atomic E-state index is 12.2. The molecule has 0 aliphatic carbocycles. The monoisotopic (exact) mass is 389 g/mol. The molecule has 0 spiro atoms. The summed E-state index contributed by atoms with van der Waals surface area (Å²) in [5, 5.41) is 6.16. The summed E-state index contributed by atoms with van der Waals surface area (Å²) in [5.74, 6) is 1.39. The van der Waals surface area contributed by atoms with Crippen LogP contribution < -0.4 is 15.5 Å². The molecule has 0 saturated heterocycles. The van der Waals surface area contributed by atoms with Gasteiger partial charge in [0.25, 0.3) is 0 Å². The molecule has 1 heterocycles. The second-order valence-electron chi connectivity index (χ2n) is 7.33. The van der Waals surface area contributed by atoms with Crippen molar-refractivity contribution in [2.75, 3.05) is 29.6 Å². The van der Waals surface area contributed by atoms with Crippen molar-refractivity contribution in [2.45, 2.75) is 26.7 Å². The van der Waals surface area contributed by atoms with Crippen LogP contribution in [-0.4, -0.2) is 30.0 Å². The van der Waals surface area contributed by atoms with Gasteiger partial charge in [0.1, 0.15) is 5.82 Å². The van der Waals surface area contributed by atoms with Gasteiger partial charge in [0.2, 0.25) is 11.9 Å². The summed E-state index contributed by atoms with van der Waals surface area (Å²) in [7, 11) is 3.89. The minimum Gasteiger partial charge on any atom is -0.363 e. The van der Waals surface area contributed by atoms with E-state index in [2.05, 4.69) is 45.7 Å².